The largest absolute Gasteiger partial charge is 0.458 e. The zero-order valence-electron chi connectivity index (χ0n) is 8.91. The second-order valence-corrected chi connectivity index (χ2v) is 3.02. The molecule has 0 aromatic heterocycles. The van der Waals surface area contributed by atoms with Crippen LogP contribution in [0, 0.1) is 13.5 Å². The van der Waals surface area contributed by atoms with Crippen LogP contribution in [0.25, 0.3) is 5.57 Å². The number of benzene rings is 1. The van der Waals surface area contributed by atoms with Gasteiger partial charge in [-0.05, 0) is 12.5 Å². The summed E-state index contributed by atoms with van der Waals surface area (Å²) in [5, 5.41) is 0. The van der Waals surface area contributed by atoms with Crippen LogP contribution in [0.1, 0.15) is 12.5 Å². The third-order valence-electron chi connectivity index (χ3n) is 2.06. The van der Waals surface area contributed by atoms with E-state index in [1.165, 1.54) is 0 Å². The Morgan fingerprint density at radius 1 is 1.33 bits per heavy atom. The van der Waals surface area contributed by atoms with E-state index in [-0.39, 0.29) is 46.1 Å². The molecule has 2 rings (SSSR count). The van der Waals surface area contributed by atoms with Crippen molar-refractivity contribution in [1.29, 1.82) is 0 Å². The van der Waals surface area contributed by atoms with E-state index in [4.69, 9.17) is 4.74 Å². The molecule has 15 heavy (non-hydrogen) atoms. The predicted molar refractivity (Wildman–Crippen MR) is 55.2 cm³/mol. The SMILES string of the molecule is CC1=C(c2cc[c-]cc2)C(=O)OC1.[CH3-].[Y]. The number of esters is 1. The van der Waals surface area contributed by atoms with E-state index in [0.717, 1.165) is 11.1 Å². The minimum atomic E-state index is -0.219. The number of cyclic esters (lactones) is 1. The molecule has 0 fully saturated rings. The first-order valence-corrected chi connectivity index (χ1v) is 4.12. The standard InChI is InChI=1S/C11H9O2.CH3.Y/c1-8-7-13-11(12)10(8)9-5-3-2-4-6-9;;/h3-6H,7H2,1H3;1H3;/q2*-1;. The minimum Gasteiger partial charge on any atom is -0.458 e. The molecule has 1 aliphatic heterocycles. The number of carbonyl (C=O) groups excluding carboxylic acids is 1. The number of rotatable bonds is 1. The first-order chi connectivity index (χ1) is 6.29. The zero-order chi connectivity index (χ0) is 9.26. The Labute approximate surface area is 116 Å². The van der Waals surface area contributed by atoms with Gasteiger partial charge in [-0.25, -0.2) is 4.79 Å². The number of ether oxygens (including phenoxy) is 1. The number of carbonyl (C=O) groups is 1. The molecule has 0 saturated heterocycles. The Morgan fingerprint density at radius 3 is 2.40 bits per heavy atom. The van der Waals surface area contributed by atoms with Crippen LogP contribution in [-0.2, 0) is 42.2 Å². The Balaban J connectivity index is 0.000000980. The van der Waals surface area contributed by atoms with E-state index in [2.05, 4.69) is 6.07 Å². The smallest absolute Gasteiger partial charge is 0.336 e. The molecule has 77 valence electrons. The Hall–Kier alpha value is -0.466. The first-order valence-electron chi connectivity index (χ1n) is 4.12. The molecule has 1 aromatic rings. The maximum absolute atomic E-state index is 11.3. The van der Waals surface area contributed by atoms with Crippen molar-refractivity contribution in [3.05, 3.63) is 48.9 Å². The van der Waals surface area contributed by atoms with Crippen molar-refractivity contribution in [1.82, 2.24) is 0 Å². The summed E-state index contributed by atoms with van der Waals surface area (Å²) in [6, 6.07) is 10.2. The van der Waals surface area contributed by atoms with Crippen molar-refractivity contribution in [3.8, 4) is 0 Å². The number of hydrogen-bond acceptors (Lipinski definition) is 2. The third kappa shape index (κ3) is 2.99. The van der Waals surface area contributed by atoms with Gasteiger partial charge in [0.15, 0.2) is 0 Å². The topological polar surface area (TPSA) is 26.3 Å². The third-order valence-corrected chi connectivity index (χ3v) is 2.06. The molecule has 1 aliphatic rings. The fraction of sp³-hybridized carbons (Fsp3) is 0.167. The van der Waals surface area contributed by atoms with Gasteiger partial charge in [-0.1, -0.05) is 0 Å². The van der Waals surface area contributed by atoms with Crippen LogP contribution in [0.5, 0.6) is 0 Å². The van der Waals surface area contributed by atoms with Crippen LogP contribution in [0.3, 0.4) is 0 Å². The molecule has 0 saturated carbocycles. The average molecular weight is 277 g/mol. The molecule has 0 bridgehead atoms. The maximum atomic E-state index is 11.3. The van der Waals surface area contributed by atoms with E-state index in [1.807, 2.05) is 19.1 Å². The Bertz CT molecular complexity index is 368. The van der Waals surface area contributed by atoms with Crippen LogP contribution in [0.15, 0.2) is 29.8 Å². The van der Waals surface area contributed by atoms with E-state index < -0.39 is 0 Å². The van der Waals surface area contributed by atoms with Gasteiger partial charge in [0, 0.05) is 38.3 Å². The fourth-order valence-corrected chi connectivity index (χ4v) is 1.41. The summed E-state index contributed by atoms with van der Waals surface area (Å²) in [5.41, 5.74) is 2.61. The van der Waals surface area contributed by atoms with E-state index in [1.54, 1.807) is 12.1 Å². The molecule has 1 aromatic carbocycles. The first kappa shape index (κ1) is 14.5. The van der Waals surface area contributed by atoms with Gasteiger partial charge in [0.25, 0.3) is 0 Å². The van der Waals surface area contributed by atoms with Crippen molar-refractivity contribution in [3.63, 3.8) is 0 Å². The van der Waals surface area contributed by atoms with Gasteiger partial charge in [0.05, 0.1) is 0 Å². The van der Waals surface area contributed by atoms with Crippen LogP contribution in [-0.4, -0.2) is 12.6 Å². The van der Waals surface area contributed by atoms with Crippen LogP contribution < -0.4 is 0 Å². The summed E-state index contributed by atoms with van der Waals surface area (Å²) in [7, 11) is 0. The minimum absolute atomic E-state index is 0. The van der Waals surface area contributed by atoms with Crippen molar-refractivity contribution >= 4 is 11.5 Å². The molecule has 1 heterocycles. The summed E-state index contributed by atoms with van der Waals surface area (Å²) in [6.07, 6.45) is 0. The Morgan fingerprint density at radius 2 is 1.93 bits per heavy atom. The summed E-state index contributed by atoms with van der Waals surface area (Å²) >= 11 is 0. The monoisotopic (exact) mass is 277 g/mol. The molecule has 0 spiro atoms. The van der Waals surface area contributed by atoms with Gasteiger partial charge in [-0.2, -0.15) is 30.3 Å². The molecule has 3 heteroatoms. The van der Waals surface area contributed by atoms with Gasteiger partial charge >= 0.3 is 5.97 Å². The zero-order valence-corrected chi connectivity index (χ0v) is 11.7. The molecule has 0 unspecified atom stereocenters. The van der Waals surface area contributed by atoms with Crippen molar-refractivity contribution in [2.75, 3.05) is 6.61 Å². The molecule has 0 atom stereocenters. The molecular formula is C12H12O2Y-2. The van der Waals surface area contributed by atoms with Crippen LogP contribution >= 0.6 is 0 Å². The van der Waals surface area contributed by atoms with Gasteiger partial charge in [-0.3, -0.25) is 0 Å². The van der Waals surface area contributed by atoms with Gasteiger partial charge in [0.1, 0.15) is 6.61 Å². The second kappa shape index (κ2) is 6.19. The van der Waals surface area contributed by atoms with Gasteiger partial charge < -0.3 is 12.2 Å². The second-order valence-electron chi connectivity index (χ2n) is 3.02. The fourth-order valence-electron chi connectivity index (χ4n) is 1.41. The van der Waals surface area contributed by atoms with Crippen LogP contribution in [0.4, 0.5) is 0 Å². The molecular weight excluding hydrogens is 265 g/mol. The van der Waals surface area contributed by atoms with Crippen molar-refractivity contribution in [2.24, 2.45) is 0 Å². The van der Waals surface area contributed by atoms with E-state index in [9.17, 15) is 4.79 Å². The predicted octanol–water partition coefficient (Wildman–Crippen LogP) is 2.26. The molecule has 2 nitrogen and oxygen atoms in total. The van der Waals surface area contributed by atoms with Gasteiger partial charge in [-0.15, -0.1) is 5.56 Å². The van der Waals surface area contributed by atoms with Crippen molar-refractivity contribution in [2.45, 2.75) is 6.92 Å². The normalized spacial score (nSPS) is 14.1. The summed E-state index contributed by atoms with van der Waals surface area (Å²) in [6.45, 7) is 2.34. The summed E-state index contributed by atoms with van der Waals surface area (Å²) in [5.74, 6) is -0.219. The molecule has 0 aliphatic carbocycles. The van der Waals surface area contributed by atoms with Crippen LogP contribution in [0.2, 0.25) is 0 Å². The van der Waals surface area contributed by atoms with Gasteiger partial charge in [0.2, 0.25) is 0 Å². The quantitative estimate of drug-likeness (QED) is 0.581. The molecule has 1 radical (unpaired) electrons. The molecule has 0 N–H and O–H groups in total. The summed E-state index contributed by atoms with van der Waals surface area (Å²) in [4.78, 5) is 11.3. The van der Waals surface area contributed by atoms with E-state index in [0.29, 0.717) is 12.2 Å². The summed E-state index contributed by atoms with van der Waals surface area (Å²) < 4.78 is 4.91. The molecule has 0 amide bonds. The van der Waals surface area contributed by atoms with E-state index >= 15 is 0 Å². The Kier molecular flexibility index (Phi) is 6.00. The number of hydrogen-bond donors (Lipinski definition) is 0. The maximum Gasteiger partial charge on any atom is 0.336 e. The average Bonchev–Trinajstić information content (AvgIpc) is 2.48. The van der Waals surface area contributed by atoms with Crippen molar-refractivity contribution < 1.29 is 42.2 Å².